The fourth-order valence-electron chi connectivity index (χ4n) is 4.41. The molecule has 0 aliphatic carbocycles. The first-order valence-corrected chi connectivity index (χ1v) is 11.2. The van der Waals surface area contributed by atoms with E-state index in [1.807, 2.05) is 6.92 Å². The van der Waals surface area contributed by atoms with E-state index in [0.717, 1.165) is 0 Å². The Balaban J connectivity index is 1.83. The highest BCUT2D eigenvalue weighted by Gasteiger charge is 2.53. The van der Waals surface area contributed by atoms with Gasteiger partial charge in [0.2, 0.25) is 5.69 Å². The number of alkyl halides is 3. The van der Waals surface area contributed by atoms with Gasteiger partial charge in [-0.15, -0.1) is 0 Å². The Morgan fingerprint density at radius 1 is 0.943 bits per heavy atom. The quantitative estimate of drug-likeness (QED) is 0.433. The molecule has 0 amide bonds. The maximum absolute atomic E-state index is 13.8. The van der Waals surface area contributed by atoms with Crippen molar-refractivity contribution in [2.45, 2.75) is 64.3 Å². The van der Waals surface area contributed by atoms with Crippen molar-refractivity contribution in [2.75, 3.05) is 0 Å². The van der Waals surface area contributed by atoms with Gasteiger partial charge in [-0.05, 0) is 69.5 Å². The number of hydrogen-bond acceptors (Lipinski definition) is 6. The van der Waals surface area contributed by atoms with Gasteiger partial charge in [-0.2, -0.15) is 13.2 Å². The summed E-state index contributed by atoms with van der Waals surface area (Å²) in [6.07, 6.45) is -4.31. The van der Waals surface area contributed by atoms with Crippen LogP contribution in [-0.4, -0.2) is 32.7 Å². The molecule has 184 valence electrons. The second-order valence-electron chi connectivity index (χ2n) is 9.46. The fourth-order valence-corrected chi connectivity index (χ4v) is 4.41. The molecule has 0 radical (unpaired) electrons. The van der Waals surface area contributed by atoms with Gasteiger partial charge in [0, 0.05) is 0 Å². The molecule has 1 aliphatic heterocycles. The number of halogens is 3. The number of nitrogens with zero attached hydrogens (tertiary/aromatic N) is 2. The van der Waals surface area contributed by atoms with E-state index < -0.39 is 46.4 Å². The van der Waals surface area contributed by atoms with E-state index in [9.17, 15) is 22.8 Å². The molecule has 6 nitrogen and oxygen atoms in total. The Bertz CT molecular complexity index is 1310. The standard InChI is InChI=1S/C26H25F3N2O4/c1-6-14-11-12-15(13-16(14)19-21(32)24(2,3)35-25(4,5)22(19)33)34-23-20(26(27,28)29)30-17-9-7-8-10-18(17)31-23/h7-13,19H,6H2,1-5H3. The first-order chi connectivity index (χ1) is 16.2. The van der Waals surface area contributed by atoms with Gasteiger partial charge in [-0.25, -0.2) is 9.97 Å². The second kappa shape index (κ2) is 8.41. The number of carbonyl (C=O) groups excluding carboxylic acids is 2. The molecule has 0 N–H and O–H groups in total. The average Bonchev–Trinajstić information content (AvgIpc) is 2.76. The number of benzene rings is 2. The van der Waals surface area contributed by atoms with Gasteiger partial charge >= 0.3 is 6.18 Å². The number of aromatic nitrogens is 2. The van der Waals surface area contributed by atoms with E-state index in [4.69, 9.17) is 9.47 Å². The molecule has 4 rings (SSSR count). The molecule has 0 unspecified atom stereocenters. The maximum Gasteiger partial charge on any atom is 0.438 e. The summed E-state index contributed by atoms with van der Waals surface area (Å²) < 4.78 is 52.6. The predicted octanol–water partition coefficient (Wildman–Crippen LogP) is 5.81. The Morgan fingerprint density at radius 3 is 2.06 bits per heavy atom. The highest BCUT2D eigenvalue weighted by molar-refractivity contribution is 6.15. The summed E-state index contributed by atoms with van der Waals surface area (Å²) in [5.41, 5.74) is -2.31. The first-order valence-electron chi connectivity index (χ1n) is 11.2. The number of hydrogen-bond donors (Lipinski definition) is 0. The van der Waals surface area contributed by atoms with Crippen molar-refractivity contribution in [3.63, 3.8) is 0 Å². The summed E-state index contributed by atoms with van der Waals surface area (Å²) in [5.74, 6) is -2.69. The van der Waals surface area contributed by atoms with E-state index >= 15 is 0 Å². The zero-order chi connectivity index (χ0) is 25.8. The van der Waals surface area contributed by atoms with Gasteiger partial charge in [0.25, 0.3) is 5.88 Å². The summed E-state index contributed by atoms with van der Waals surface area (Å²) in [6, 6.07) is 10.7. The van der Waals surface area contributed by atoms with E-state index in [-0.39, 0.29) is 16.8 Å². The molecular formula is C26H25F3N2O4. The lowest BCUT2D eigenvalue weighted by Crippen LogP contribution is -2.58. The molecule has 2 heterocycles. The number of ether oxygens (including phenoxy) is 2. The van der Waals surface area contributed by atoms with E-state index in [0.29, 0.717) is 17.5 Å². The third-order valence-electron chi connectivity index (χ3n) is 6.05. The van der Waals surface area contributed by atoms with Gasteiger partial charge in [0.1, 0.15) is 22.9 Å². The molecule has 1 saturated heterocycles. The third kappa shape index (κ3) is 4.52. The third-order valence-corrected chi connectivity index (χ3v) is 6.05. The van der Waals surface area contributed by atoms with Crippen molar-refractivity contribution in [3.05, 3.63) is 59.3 Å². The minimum Gasteiger partial charge on any atom is -0.437 e. The van der Waals surface area contributed by atoms with Crippen molar-refractivity contribution in [1.29, 1.82) is 0 Å². The van der Waals surface area contributed by atoms with Crippen LogP contribution in [0.5, 0.6) is 11.6 Å². The summed E-state index contributed by atoms with van der Waals surface area (Å²) >= 11 is 0. The molecule has 0 atom stereocenters. The number of ketones is 2. The zero-order valence-electron chi connectivity index (χ0n) is 20.0. The molecule has 2 aromatic carbocycles. The highest BCUT2D eigenvalue weighted by Crippen LogP contribution is 2.42. The van der Waals surface area contributed by atoms with Gasteiger partial charge in [0.05, 0.1) is 11.0 Å². The lowest BCUT2D eigenvalue weighted by atomic mass is 9.73. The van der Waals surface area contributed by atoms with Gasteiger partial charge < -0.3 is 9.47 Å². The molecular weight excluding hydrogens is 461 g/mol. The topological polar surface area (TPSA) is 78.4 Å². The monoisotopic (exact) mass is 486 g/mol. The number of para-hydroxylation sites is 2. The molecule has 0 spiro atoms. The van der Waals surface area contributed by atoms with E-state index in [2.05, 4.69) is 9.97 Å². The minimum atomic E-state index is -4.81. The number of rotatable bonds is 4. The summed E-state index contributed by atoms with van der Waals surface area (Å²) in [6.45, 7) is 8.26. The van der Waals surface area contributed by atoms with Crippen molar-refractivity contribution in [1.82, 2.24) is 9.97 Å². The normalized spacial score (nSPS) is 18.2. The Morgan fingerprint density at radius 2 is 1.51 bits per heavy atom. The van der Waals surface area contributed by atoms with Gasteiger partial charge in [-0.3, -0.25) is 9.59 Å². The van der Waals surface area contributed by atoms with Crippen molar-refractivity contribution in [3.8, 4) is 11.6 Å². The predicted molar refractivity (Wildman–Crippen MR) is 122 cm³/mol. The minimum absolute atomic E-state index is 0.00925. The van der Waals surface area contributed by atoms with E-state index in [1.54, 1.807) is 45.9 Å². The molecule has 1 aromatic heterocycles. The molecule has 0 bridgehead atoms. The largest absolute Gasteiger partial charge is 0.438 e. The fraction of sp³-hybridized carbons (Fsp3) is 0.385. The van der Waals surface area contributed by atoms with Crippen LogP contribution >= 0.6 is 0 Å². The maximum atomic E-state index is 13.8. The van der Waals surface area contributed by atoms with Crippen LogP contribution in [0.4, 0.5) is 13.2 Å². The SMILES string of the molecule is CCc1ccc(Oc2nc3ccccc3nc2C(F)(F)F)cc1C1C(=O)C(C)(C)OC(C)(C)C1=O. The smallest absolute Gasteiger partial charge is 0.437 e. The zero-order valence-corrected chi connectivity index (χ0v) is 20.0. The highest BCUT2D eigenvalue weighted by atomic mass is 19.4. The Labute approximate surface area is 200 Å². The lowest BCUT2D eigenvalue weighted by molar-refractivity contribution is -0.184. The molecule has 1 fully saturated rings. The van der Waals surface area contributed by atoms with Crippen LogP contribution in [0.2, 0.25) is 0 Å². The molecule has 3 aromatic rings. The number of carbonyl (C=O) groups is 2. The van der Waals surface area contributed by atoms with Crippen LogP contribution in [0.1, 0.15) is 57.4 Å². The second-order valence-corrected chi connectivity index (χ2v) is 9.46. The summed E-state index contributed by atoms with van der Waals surface area (Å²) in [5, 5.41) is 0. The van der Waals surface area contributed by atoms with Crippen LogP contribution < -0.4 is 4.74 Å². The Hall–Kier alpha value is -3.33. The molecule has 0 saturated carbocycles. The van der Waals surface area contributed by atoms with Crippen molar-refractivity contribution < 1.29 is 32.2 Å². The number of Topliss-reactive ketones (excluding diaryl/α,β-unsaturated/α-hetero) is 2. The average molecular weight is 486 g/mol. The first kappa shape index (κ1) is 24.8. The van der Waals surface area contributed by atoms with Gasteiger partial charge in [0.15, 0.2) is 11.6 Å². The van der Waals surface area contributed by atoms with Gasteiger partial charge in [-0.1, -0.05) is 25.1 Å². The van der Waals surface area contributed by atoms with Crippen LogP contribution in [0, 0.1) is 0 Å². The lowest BCUT2D eigenvalue weighted by Gasteiger charge is -2.43. The molecule has 9 heteroatoms. The molecule has 35 heavy (non-hydrogen) atoms. The summed E-state index contributed by atoms with van der Waals surface area (Å²) in [7, 11) is 0. The van der Waals surface area contributed by atoms with Crippen LogP contribution in [-0.2, 0) is 26.9 Å². The van der Waals surface area contributed by atoms with E-state index in [1.165, 1.54) is 24.3 Å². The molecule has 1 aliphatic rings. The van der Waals surface area contributed by atoms with Crippen LogP contribution in [0.3, 0.4) is 0 Å². The van der Waals surface area contributed by atoms with Crippen molar-refractivity contribution >= 4 is 22.6 Å². The number of aryl methyl sites for hydroxylation is 1. The summed E-state index contributed by atoms with van der Waals surface area (Å²) in [4.78, 5) is 34.3. The van der Waals surface area contributed by atoms with Crippen molar-refractivity contribution in [2.24, 2.45) is 0 Å². The van der Waals surface area contributed by atoms with Crippen LogP contribution in [0.15, 0.2) is 42.5 Å². The Kier molecular flexibility index (Phi) is 5.95. The number of fused-ring (bicyclic) bond motifs is 1. The van der Waals surface area contributed by atoms with Crippen LogP contribution in [0.25, 0.3) is 11.0 Å².